The Labute approximate surface area is 118 Å². The zero-order valence-electron chi connectivity index (χ0n) is 11.9. The number of nitrogens with zero attached hydrogens (tertiary/aromatic N) is 3. The van der Waals surface area contributed by atoms with Crippen LogP contribution in [-0.2, 0) is 4.79 Å². The number of nitrogens with two attached hydrogens (primary N) is 1. The molecule has 2 rings (SSSR count). The Hall–Kier alpha value is -2.21. The number of carbonyl (C=O) groups is 1. The fraction of sp³-hybridized carbons (Fsp3) is 0.357. The summed E-state index contributed by atoms with van der Waals surface area (Å²) in [6.45, 7) is 5.79. The summed E-state index contributed by atoms with van der Waals surface area (Å²) in [7, 11) is 0. The number of anilines is 1. The monoisotopic (exact) mass is 273 g/mol. The lowest BCUT2D eigenvalue weighted by Crippen LogP contribution is -2.45. The SMILES string of the molecule is CC(C)(C)[C@H](N)C(=O)Nc1ccccc1-n1ccnn1. The molecule has 0 unspecified atom stereocenters. The van der Waals surface area contributed by atoms with Crippen molar-refractivity contribution in [2.24, 2.45) is 11.1 Å². The second kappa shape index (κ2) is 5.42. The van der Waals surface area contributed by atoms with E-state index in [4.69, 9.17) is 5.73 Å². The van der Waals surface area contributed by atoms with E-state index in [1.165, 1.54) is 0 Å². The van der Waals surface area contributed by atoms with Gasteiger partial charge >= 0.3 is 0 Å². The number of nitrogens with one attached hydrogen (secondary N) is 1. The van der Waals surface area contributed by atoms with Crippen molar-refractivity contribution in [3.63, 3.8) is 0 Å². The predicted molar refractivity (Wildman–Crippen MR) is 77.4 cm³/mol. The Kier molecular flexibility index (Phi) is 3.85. The van der Waals surface area contributed by atoms with E-state index in [1.807, 2.05) is 45.0 Å². The van der Waals surface area contributed by atoms with Gasteiger partial charge in [-0.1, -0.05) is 38.1 Å². The second-order valence-electron chi connectivity index (χ2n) is 5.70. The van der Waals surface area contributed by atoms with Crippen LogP contribution in [0.15, 0.2) is 36.7 Å². The summed E-state index contributed by atoms with van der Waals surface area (Å²) < 4.78 is 1.60. The number of rotatable bonds is 3. The number of benzene rings is 1. The van der Waals surface area contributed by atoms with Gasteiger partial charge in [-0.3, -0.25) is 4.79 Å². The first kappa shape index (κ1) is 14.2. The van der Waals surface area contributed by atoms with Crippen LogP contribution in [0.25, 0.3) is 5.69 Å². The van der Waals surface area contributed by atoms with E-state index in [-0.39, 0.29) is 11.3 Å². The van der Waals surface area contributed by atoms with Crippen molar-refractivity contribution in [1.82, 2.24) is 15.0 Å². The van der Waals surface area contributed by atoms with Crippen molar-refractivity contribution >= 4 is 11.6 Å². The van der Waals surface area contributed by atoms with Gasteiger partial charge in [0.05, 0.1) is 29.8 Å². The molecule has 6 nitrogen and oxygen atoms in total. The Bertz CT molecular complexity index is 586. The topological polar surface area (TPSA) is 85.8 Å². The number of hydrogen-bond acceptors (Lipinski definition) is 4. The van der Waals surface area contributed by atoms with Gasteiger partial charge in [0.15, 0.2) is 0 Å². The smallest absolute Gasteiger partial charge is 0.241 e. The lowest BCUT2D eigenvalue weighted by Gasteiger charge is -2.26. The highest BCUT2D eigenvalue weighted by molar-refractivity contribution is 5.96. The molecule has 2 aromatic rings. The first-order chi connectivity index (χ1) is 9.39. The molecule has 20 heavy (non-hydrogen) atoms. The molecule has 0 radical (unpaired) electrons. The standard InChI is InChI=1S/C14H19N5O/c1-14(2,3)12(15)13(20)17-10-6-4-5-7-11(10)19-9-8-16-18-19/h4-9,12H,15H2,1-3H3,(H,17,20)/t12-/m1/s1. The van der Waals surface area contributed by atoms with Crippen molar-refractivity contribution in [3.05, 3.63) is 36.7 Å². The third-order valence-electron chi connectivity index (χ3n) is 3.05. The number of aromatic nitrogens is 3. The van der Waals surface area contributed by atoms with E-state index in [0.717, 1.165) is 5.69 Å². The quantitative estimate of drug-likeness (QED) is 0.889. The minimum Gasteiger partial charge on any atom is -0.323 e. The lowest BCUT2D eigenvalue weighted by atomic mass is 9.87. The molecule has 0 bridgehead atoms. The first-order valence-electron chi connectivity index (χ1n) is 6.42. The molecule has 0 saturated heterocycles. The minimum absolute atomic E-state index is 0.218. The molecule has 106 valence electrons. The van der Waals surface area contributed by atoms with Gasteiger partial charge in [0.25, 0.3) is 0 Å². The summed E-state index contributed by atoms with van der Waals surface area (Å²) in [5, 5.41) is 10.6. The molecule has 6 heteroatoms. The van der Waals surface area contributed by atoms with Crippen LogP contribution in [0.1, 0.15) is 20.8 Å². The number of para-hydroxylation sites is 2. The Morgan fingerprint density at radius 3 is 2.65 bits per heavy atom. The zero-order valence-corrected chi connectivity index (χ0v) is 11.9. The molecular formula is C14H19N5O. The average Bonchev–Trinajstić information content (AvgIpc) is 2.91. The van der Waals surface area contributed by atoms with E-state index >= 15 is 0 Å². The Morgan fingerprint density at radius 1 is 1.35 bits per heavy atom. The molecule has 1 aromatic heterocycles. The van der Waals surface area contributed by atoms with Crippen LogP contribution in [-0.4, -0.2) is 26.9 Å². The van der Waals surface area contributed by atoms with Gasteiger partial charge in [-0.15, -0.1) is 5.10 Å². The van der Waals surface area contributed by atoms with Crippen molar-refractivity contribution in [3.8, 4) is 5.69 Å². The van der Waals surface area contributed by atoms with Crippen LogP contribution in [0.5, 0.6) is 0 Å². The van der Waals surface area contributed by atoms with Crippen LogP contribution >= 0.6 is 0 Å². The molecule has 3 N–H and O–H groups in total. The highest BCUT2D eigenvalue weighted by Gasteiger charge is 2.27. The van der Waals surface area contributed by atoms with Crippen LogP contribution in [0.2, 0.25) is 0 Å². The third kappa shape index (κ3) is 3.03. The van der Waals surface area contributed by atoms with Crippen LogP contribution < -0.4 is 11.1 Å². The summed E-state index contributed by atoms with van der Waals surface area (Å²) in [5.74, 6) is -0.218. The predicted octanol–water partition coefficient (Wildman–Crippen LogP) is 1.58. The molecule has 0 fully saturated rings. The minimum atomic E-state index is -0.591. The molecule has 1 heterocycles. The van der Waals surface area contributed by atoms with Gasteiger partial charge in [-0.05, 0) is 17.5 Å². The highest BCUT2D eigenvalue weighted by atomic mass is 16.2. The van der Waals surface area contributed by atoms with Gasteiger partial charge in [0.1, 0.15) is 0 Å². The van der Waals surface area contributed by atoms with E-state index in [1.54, 1.807) is 17.1 Å². The molecule has 1 aromatic carbocycles. The average molecular weight is 273 g/mol. The summed E-state index contributed by atoms with van der Waals surface area (Å²) in [6.07, 6.45) is 3.30. The number of carbonyl (C=O) groups excluding carboxylic acids is 1. The van der Waals surface area contributed by atoms with Gasteiger partial charge in [0.2, 0.25) is 5.91 Å². The van der Waals surface area contributed by atoms with Crippen LogP contribution in [0, 0.1) is 5.41 Å². The number of amides is 1. The highest BCUT2D eigenvalue weighted by Crippen LogP contribution is 2.22. The van der Waals surface area contributed by atoms with Gasteiger partial charge < -0.3 is 11.1 Å². The van der Waals surface area contributed by atoms with Crippen LogP contribution in [0.3, 0.4) is 0 Å². The van der Waals surface area contributed by atoms with Gasteiger partial charge in [0, 0.05) is 0 Å². The molecule has 0 aliphatic rings. The lowest BCUT2D eigenvalue weighted by molar-refractivity contribution is -0.119. The molecular weight excluding hydrogens is 254 g/mol. The third-order valence-corrected chi connectivity index (χ3v) is 3.05. The van der Waals surface area contributed by atoms with Gasteiger partial charge in [-0.2, -0.15) is 0 Å². The maximum atomic E-state index is 12.2. The maximum absolute atomic E-state index is 12.2. The molecule has 0 aliphatic heterocycles. The summed E-state index contributed by atoms with van der Waals surface area (Å²) in [5.41, 5.74) is 7.07. The van der Waals surface area contributed by atoms with Crippen molar-refractivity contribution < 1.29 is 4.79 Å². The van der Waals surface area contributed by atoms with Crippen molar-refractivity contribution in [1.29, 1.82) is 0 Å². The van der Waals surface area contributed by atoms with Gasteiger partial charge in [-0.25, -0.2) is 4.68 Å². The molecule has 1 amide bonds. The second-order valence-corrected chi connectivity index (χ2v) is 5.70. The largest absolute Gasteiger partial charge is 0.323 e. The fourth-order valence-corrected chi connectivity index (χ4v) is 1.72. The van der Waals surface area contributed by atoms with Crippen molar-refractivity contribution in [2.45, 2.75) is 26.8 Å². The molecule has 1 atom stereocenters. The zero-order chi connectivity index (χ0) is 14.8. The summed E-state index contributed by atoms with van der Waals surface area (Å²) >= 11 is 0. The molecule has 0 aliphatic carbocycles. The Balaban J connectivity index is 2.25. The maximum Gasteiger partial charge on any atom is 0.241 e. The van der Waals surface area contributed by atoms with E-state index < -0.39 is 6.04 Å². The molecule has 0 spiro atoms. The fourth-order valence-electron chi connectivity index (χ4n) is 1.72. The first-order valence-corrected chi connectivity index (χ1v) is 6.42. The normalized spacial score (nSPS) is 13.0. The summed E-state index contributed by atoms with van der Waals surface area (Å²) in [6, 6.07) is 6.79. The van der Waals surface area contributed by atoms with Crippen molar-refractivity contribution in [2.75, 3.05) is 5.32 Å². The Morgan fingerprint density at radius 2 is 2.05 bits per heavy atom. The number of hydrogen-bond donors (Lipinski definition) is 2. The van der Waals surface area contributed by atoms with E-state index in [9.17, 15) is 4.79 Å². The summed E-state index contributed by atoms with van der Waals surface area (Å²) in [4.78, 5) is 12.2. The van der Waals surface area contributed by atoms with Crippen LogP contribution in [0.4, 0.5) is 5.69 Å². The van der Waals surface area contributed by atoms with E-state index in [2.05, 4.69) is 15.6 Å². The van der Waals surface area contributed by atoms with E-state index in [0.29, 0.717) is 5.69 Å². The molecule has 0 saturated carbocycles.